The summed E-state index contributed by atoms with van der Waals surface area (Å²) in [5.41, 5.74) is 0.00210. The molecule has 0 fully saturated rings. The molecule has 2 heterocycles. The molecule has 0 saturated carbocycles. The number of hydrogen-bond donors (Lipinski definition) is 0. The molecule has 1 amide bonds. The van der Waals surface area contributed by atoms with Crippen LogP contribution in [0.2, 0.25) is 5.02 Å². The van der Waals surface area contributed by atoms with Gasteiger partial charge in [0.2, 0.25) is 0 Å². The molecule has 9 heteroatoms. The number of thiazole rings is 1. The Labute approximate surface area is 173 Å². The Morgan fingerprint density at radius 2 is 2.00 bits per heavy atom. The van der Waals surface area contributed by atoms with Crippen molar-refractivity contribution in [2.75, 3.05) is 11.5 Å². The van der Waals surface area contributed by atoms with E-state index in [1.54, 1.807) is 36.4 Å². The van der Waals surface area contributed by atoms with E-state index in [1.165, 1.54) is 17.2 Å². The largest absolute Gasteiger partial charge is 0.484 e. The monoisotopic (exact) mass is 434 g/mol. The van der Waals surface area contributed by atoms with Crippen molar-refractivity contribution >= 4 is 44.2 Å². The first kappa shape index (κ1) is 19.4. The summed E-state index contributed by atoms with van der Waals surface area (Å²) in [7, 11) is 0. The third-order valence-electron chi connectivity index (χ3n) is 4.00. The molecular weight excluding hydrogens is 422 g/mol. The highest BCUT2D eigenvalue weighted by Gasteiger charge is 2.23. The molecule has 4 rings (SSSR count). The van der Waals surface area contributed by atoms with Crippen LogP contribution in [0, 0.1) is 11.6 Å². The van der Waals surface area contributed by atoms with E-state index >= 15 is 0 Å². The third kappa shape index (κ3) is 4.38. The van der Waals surface area contributed by atoms with Gasteiger partial charge in [-0.05, 0) is 42.5 Å². The molecule has 0 aliphatic rings. The molecule has 0 spiro atoms. The zero-order valence-corrected chi connectivity index (χ0v) is 16.3. The molecule has 0 radical (unpaired) electrons. The SMILES string of the molecule is O=C(COc1ccc(Cl)cc1)N(Cc1ccco1)c1nc2c(F)cc(F)cc2s1. The van der Waals surface area contributed by atoms with Gasteiger partial charge in [0.1, 0.15) is 22.8 Å². The number of ether oxygens (including phenoxy) is 1. The Bertz CT molecular complexity index is 1150. The van der Waals surface area contributed by atoms with Crippen LogP contribution in [0.25, 0.3) is 10.2 Å². The van der Waals surface area contributed by atoms with Gasteiger partial charge in [-0.2, -0.15) is 0 Å². The van der Waals surface area contributed by atoms with Crippen LogP contribution in [-0.2, 0) is 11.3 Å². The van der Waals surface area contributed by atoms with Crippen LogP contribution in [0.5, 0.6) is 5.75 Å². The Balaban J connectivity index is 1.61. The number of aromatic nitrogens is 1. The summed E-state index contributed by atoms with van der Waals surface area (Å²) in [6.07, 6.45) is 1.48. The van der Waals surface area contributed by atoms with Gasteiger partial charge in [-0.1, -0.05) is 22.9 Å². The minimum absolute atomic E-state index is 0.00210. The van der Waals surface area contributed by atoms with Crippen molar-refractivity contribution < 1.29 is 22.7 Å². The number of carbonyl (C=O) groups excluding carboxylic acids is 1. The number of benzene rings is 2. The van der Waals surface area contributed by atoms with Crippen molar-refractivity contribution in [3.05, 3.63) is 77.2 Å². The van der Waals surface area contributed by atoms with Gasteiger partial charge in [-0.25, -0.2) is 13.8 Å². The van der Waals surface area contributed by atoms with Gasteiger partial charge in [0.15, 0.2) is 17.6 Å². The topological polar surface area (TPSA) is 55.6 Å². The maximum absolute atomic E-state index is 14.1. The van der Waals surface area contributed by atoms with Gasteiger partial charge in [0.05, 0.1) is 17.5 Å². The van der Waals surface area contributed by atoms with Crippen LogP contribution >= 0.6 is 22.9 Å². The van der Waals surface area contributed by atoms with E-state index in [9.17, 15) is 13.6 Å². The molecule has 0 N–H and O–H groups in total. The molecule has 0 unspecified atom stereocenters. The van der Waals surface area contributed by atoms with Gasteiger partial charge < -0.3 is 9.15 Å². The van der Waals surface area contributed by atoms with Crippen LogP contribution < -0.4 is 9.64 Å². The molecule has 0 saturated heterocycles. The number of halogens is 3. The summed E-state index contributed by atoms with van der Waals surface area (Å²) in [6, 6.07) is 11.9. The highest BCUT2D eigenvalue weighted by atomic mass is 35.5. The smallest absolute Gasteiger partial charge is 0.267 e. The quantitative estimate of drug-likeness (QED) is 0.406. The summed E-state index contributed by atoms with van der Waals surface area (Å²) in [4.78, 5) is 18.4. The summed E-state index contributed by atoms with van der Waals surface area (Å²) >= 11 is 6.85. The van der Waals surface area contributed by atoms with Crippen LogP contribution in [0.4, 0.5) is 13.9 Å². The minimum atomic E-state index is -0.787. The molecule has 4 aromatic rings. The van der Waals surface area contributed by atoms with Crippen molar-refractivity contribution in [3.63, 3.8) is 0 Å². The number of carbonyl (C=O) groups is 1. The lowest BCUT2D eigenvalue weighted by Gasteiger charge is -2.19. The predicted octanol–water partition coefficient (Wildman–Crippen LogP) is 5.43. The van der Waals surface area contributed by atoms with Crippen molar-refractivity contribution in [2.24, 2.45) is 0 Å². The van der Waals surface area contributed by atoms with E-state index < -0.39 is 17.5 Å². The molecule has 0 bridgehead atoms. The van der Waals surface area contributed by atoms with E-state index in [2.05, 4.69) is 4.98 Å². The third-order valence-corrected chi connectivity index (χ3v) is 5.28. The van der Waals surface area contributed by atoms with Crippen molar-refractivity contribution in [2.45, 2.75) is 6.54 Å². The van der Waals surface area contributed by atoms with Gasteiger partial charge in [-0.3, -0.25) is 9.69 Å². The maximum atomic E-state index is 14.1. The van der Waals surface area contributed by atoms with E-state index in [1.807, 2.05) is 0 Å². The van der Waals surface area contributed by atoms with E-state index in [-0.39, 0.29) is 23.8 Å². The summed E-state index contributed by atoms with van der Waals surface area (Å²) in [5.74, 6) is -0.935. The van der Waals surface area contributed by atoms with Crippen molar-refractivity contribution in [1.29, 1.82) is 0 Å². The maximum Gasteiger partial charge on any atom is 0.267 e. The highest BCUT2D eigenvalue weighted by Crippen LogP contribution is 2.32. The zero-order chi connectivity index (χ0) is 20.4. The fourth-order valence-electron chi connectivity index (χ4n) is 2.64. The molecule has 29 heavy (non-hydrogen) atoms. The van der Waals surface area contributed by atoms with E-state index in [0.717, 1.165) is 17.4 Å². The van der Waals surface area contributed by atoms with Crippen molar-refractivity contribution in [3.8, 4) is 5.75 Å². The standard InChI is InChI=1S/C20H13ClF2N2O3S/c21-12-3-5-14(6-4-12)28-11-18(26)25(10-15-2-1-7-27-15)20-24-19-16(23)8-13(22)9-17(19)29-20/h1-9H,10-11H2. The highest BCUT2D eigenvalue weighted by molar-refractivity contribution is 7.22. The van der Waals surface area contributed by atoms with Gasteiger partial charge in [0, 0.05) is 11.1 Å². The number of nitrogens with zero attached hydrogens (tertiary/aromatic N) is 2. The predicted molar refractivity (Wildman–Crippen MR) is 106 cm³/mol. The summed E-state index contributed by atoms with van der Waals surface area (Å²) < 4.78 is 38.7. The van der Waals surface area contributed by atoms with E-state index in [4.69, 9.17) is 20.8 Å². The molecule has 0 aliphatic heterocycles. The normalized spacial score (nSPS) is 11.0. The fourth-order valence-corrected chi connectivity index (χ4v) is 3.78. The molecule has 0 atom stereocenters. The molecule has 5 nitrogen and oxygen atoms in total. The van der Waals surface area contributed by atoms with Crippen LogP contribution in [0.15, 0.2) is 59.2 Å². The second kappa shape index (κ2) is 8.18. The lowest BCUT2D eigenvalue weighted by Crippen LogP contribution is -2.34. The number of hydrogen-bond acceptors (Lipinski definition) is 5. The Hall–Kier alpha value is -2.97. The molecular formula is C20H13ClF2N2O3S. The van der Waals surface area contributed by atoms with Gasteiger partial charge in [-0.15, -0.1) is 0 Å². The second-order valence-electron chi connectivity index (χ2n) is 6.03. The second-order valence-corrected chi connectivity index (χ2v) is 7.48. The van der Waals surface area contributed by atoms with E-state index in [0.29, 0.717) is 21.2 Å². The number of anilines is 1. The Morgan fingerprint density at radius 3 is 2.72 bits per heavy atom. The Morgan fingerprint density at radius 1 is 1.21 bits per heavy atom. The first-order valence-corrected chi connectivity index (χ1v) is 9.66. The van der Waals surface area contributed by atoms with Crippen molar-refractivity contribution in [1.82, 2.24) is 4.98 Å². The van der Waals surface area contributed by atoms with Gasteiger partial charge in [0.25, 0.3) is 5.91 Å². The minimum Gasteiger partial charge on any atom is -0.484 e. The average Bonchev–Trinajstić information content (AvgIpc) is 3.35. The number of amides is 1. The van der Waals surface area contributed by atoms with Gasteiger partial charge >= 0.3 is 0 Å². The van der Waals surface area contributed by atoms with Crippen LogP contribution in [0.1, 0.15) is 5.76 Å². The average molecular weight is 435 g/mol. The zero-order valence-electron chi connectivity index (χ0n) is 14.8. The van der Waals surface area contributed by atoms with Crippen LogP contribution in [0.3, 0.4) is 0 Å². The Kier molecular flexibility index (Phi) is 5.46. The molecule has 0 aliphatic carbocycles. The number of furan rings is 1. The number of fused-ring (bicyclic) bond motifs is 1. The summed E-state index contributed by atoms with van der Waals surface area (Å²) in [5, 5.41) is 0.762. The lowest BCUT2D eigenvalue weighted by molar-refractivity contribution is -0.120. The molecule has 148 valence electrons. The first-order chi connectivity index (χ1) is 14.0. The molecule has 2 aromatic heterocycles. The lowest BCUT2D eigenvalue weighted by atomic mass is 10.3. The molecule has 2 aromatic carbocycles. The number of rotatable bonds is 6. The summed E-state index contributed by atoms with van der Waals surface area (Å²) in [6.45, 7) is -0.213. The fraction of sp³-hybridized carbons (Fsp3) is 0.100. The first-order valence-electron chi connectivity index (χ1n) is 8.46. The van der Waals surface area contributed by atoms with Crippen LogP contribution in [-0.4, -0.2) is 17.5 Å².